The van der Waals surface area contributed by atoms with Crippen LogP contribution >= 0.6 is 50.7 Å². The van der Waals surface area contributed by atoms with Gasteiger partial charge in [0.15, 0.2) is 0 Å². The van der Waals surface area contributed by atoms with Crippen LogP contribution in [0.2, 0.25) is 15.1 Å². The Labute approximate surface area is 167 Å². The van der Waals surface area contributed by atoms with Crippen molar-refractivity contribution in [3.63, 3.8) is 0 Å². The molecule has 0 spiro atoms. The standard InChI is InChI=1S/C16H13BrCl3F2N3/c1-9-11(17)2-3-14(23-9)24-5-4-16(8-24,25(21)22)10-6-12(18)15(20)13(19)7-10/h2-3,6-7H,4-5,8H2,1H3. The Bertz CT molecular complexity index is 798. The van der Waals surface area contributed by atoms with Gasteiger partial charge in [0.25, 0.3) is 0 Å². The molecule has 1 aromatic heterocycles. The second-order valence-corrected chi connectivity index (χ2v) is 7.97. The van der Waals surface area contributed by atoms with Crippen LogP contribution in [-0.2, 0) is 5.54 Å². The molecule has 1 aliphatic heterocycles. The molecule has 0 aliphatic carbocycles. The van der Waals surface area contributed by atoms with Crippen LogP contribution in [0, 0.1) is 6.92 Å². The number of pyridine rings is 1. The zero-order chi connectivity index (χ0) is 18.4. The summed E-state index contributed by atoms with van der Waals surface area (Å²) in [6.45, 7) is 2.34. The summed E-state index contributed by atoms with van der Waals surface area (Å²) in [5.41, 5.74) is -0.404. The van der Waals surface area contributed by atoms with Gasteiger partial charge in [0.05, 0.1) is 20.8 Å². The SMILES string of the molecule is Cc1nc(N2CCC(c3cc(Cl)c(Cl)c(Cl)c3)(N(F)F)C2)ccc1Br. The van der Waals surface area contributed by atoms with Crippen LogP contribution < -0.4 is 4.90 Å². The Hall–Kier alpha value is -0.660. The molecule has 1 saturated heterocycles. The summed E-state index contributed by atoms with van der Waals surface area (Å²) in [7, 11) is 0. The highest BCUT2D eigenvalue weighted by molar-refractivity contribution is 9.10. The van der Waals surface area contributed by atoms with Gasteiger partial charge in [-0.15, -0.1) is 8.96 Å². The van der Waals surface area contributed by atoms with E-state index < -0.39 is 10.9 Å². The maximum absolute atomic E-state index is 13.9. The van der Waals surface area contributed by atoms with Gasteiger partial charge >= 0.3 is 0 Å². The third-order valence-electron chi connectivity index (χ3n) is 4.42. The van der Waals surface area contributed by atoms with Crippen molar-refractivity contribution in [2.45, 2.75) is 18.9 Å². The molecule has 1 aliphatic rings. The van der Waals surface area contributed by atoms with E-state index in [-0.39, 0.29) is 28.0 Å². The number of aromatic nitrogens is 1. The van der Waals surface area contributed by atoms with Gasteiger partial charge < -0.3 is 4.90 Å². The third-order valence-corrected chi connectivity index (χ3v) is 6.46. The van der Waals surface area contributed by atoms with Gasteiger partial charge in [-0.25, -0.2) is 4.98 Å². The molecule has 134 valence electrons. The Morgan fingerprint density at radius 1 is 1.20 bits per heavy atom. The Balaban J connectivity index is 1.99. The fraction of sp³-hybridized carbons (Fsp3) is 0.312. The lowest BCUT2D eigenvalue weighted by atomic mass is 9.90. The Morgan fingerprint density at radius 3 is 2.40 bits per heavy atom. The molecular weight excluding hydrogens is 458 g/mol. The molecule has 25 heavy (non-hydrogen) atoms. The van der Waals surface area contributed by atoms with Gasteiger partial charge in [-0.2, -0.15) is 0 Å². The van der Waals surface area contributed by atoms with Crippen molar-refractivity contribution in [1.29, 1.82) is 0 Å². The highest BCUT2D eigenvalue weighted by atomic mass is 79.9. The van der Waals surface area contributed by atoms with Crippen molar-refractivity contribution >= 4 is 56.6 Å². The van der Waals surface area contributed by atoms with E-state index in [1.54, 1.807) is 6.07 Å². The van der Waals surface area contributed by atoms with Gasteiger partial charge in [0.1, 0.15) is 11.4 Å². The molecule has 3 nitrogen and oxygen atoms in total. The lowest BCUT2D eigenvalue weighted by Gasteiger charge is -2.30. The van der Waals surface area contributed by atoms with Gasteiger partial charge in [0, 0.05) is 22.9 Å². The molecule has 0 amide bonds. The van der Waals surface area contributed by atoms with Gasteiger partial charge in [-0.1, -0.05) is 34.8 Å². The van der Waals surface area contributed by atoms with Crippen LogP contribution in [0.5, 0.6) is 0 Å². The molecule has 0 radical (unpaired) electrons. The molecule has 1 atom stereocenters. The summed E-state index contributed by atoms with van der Waals surface area (Å²) in [4.78, 5) is 6.29. The summed E-state index contributed by atoms with van der Waals surface area (Å²) < 4.78 is 28.7. The largest absolute Gasteiger partial charge is 0.354 e. The molecule has 2 aromatic rings. The topological polar surface area (TPSA) is 19.4 Å². The molecule has 1 fully saturated rings. The molecule has 0 bridgehead atoms. The average Bonchev–Trinajstić information content (AvgIpc) is 3.01. The predicted octanol–water partition coefficient (Wildman–Crippen LogP) is 6.29. The summed E-state index contributed by atoms with van der Waals surface area (Å²) in [6.07, 6.45) is 0.199. The summed E-state index contributed by atoms with van der Waals surface area (Å²) in [5.74, 6) is 0.649. The van der Waals surface area contributed by atoms with Crippen LogP contribution in [0.25, 0.3) is 0 Å². The fourth-order valence-electron chi connectivity index (χ4n) is 2.99. The molecular formula is C16H13BrCl3F2N3. The number of aryl methyl sites for hydroxylation is 1. The first-order valence-electron chi connectivity index (χ1n) is 7.39. The Morgan fingerprint density at radius 2 is 1.84 bits per heavy atom. The zero-order valence-electron chi connectivity index (χ0n) is 13.0. The van der Waals surface area contributed by atoms with Crippen molar-refractivity contribution in [2.24, 2.45) is 0 Å². The minimum absolute atomic E-state index is 0.0579. The van der Waals surface area contributed by atoms with Gasteiger partial charge in [0.2, 0.25) is 0 Å². The monoisotopic (exact) mass is 469 g/mol. The number of anilines is 1. The smallest absolute Gasteiger partial charge is 0.128 e. The Kier molecular flexibility index (Phi) is 5.47. The number of rotatable bonds is 3. The van der Waals surface area contributed by atoms with E-state index >= 15 is 0 Å². The third kappa shape index (κ3) is 3.47. The van der Waals surface area contributed by atoms with Crippen LogP contribution in [-0.4, -0.2) is 23.4 Å². The van der Waals surface area contributed by atoms with Crippen molar-refractivity contribution in [3.8, 4) is 0 Å². The van der Waals surface area contributed by atoms with Gasteiger partial charge in [-0.3, -0.25) is 0 Å². The molecule has 3 rings (SSSR count). The minimum Gasteiger partial charge on any atom is -0.354 e. The predicted molar refractivity (Wildman–Crippen MR) is 101 cm³/mol. The lowest BCUT2D eigenvalue weighted by Crippen LogP contribution is -2.40. The molecule has 1 aromatic carbocycles. The van der Waals surface area contributed by atoms with E-state index in [2.05, 4.69) is 20.9 Å². The van der Waals surface area contributed by atoms with E-state index in [9.17, 15) is 8.96 Å². The van der Waals surface area contributed by atoms with Crippen LogP contribution in [0.4, 0.5) is 14.8 Å². The quantitative estimate of drug-likeness (QED) is 0.387. The zero-order valence-corrected chi connectivity index (χ0v) is 16.9. The van der Waals surface area contributed by atoms with Crippen molar-refractivity contribution < 1.29 is 8.96 Å². The summed E-state index contributed by atoms with van der Waals surface area (Å²) in [5, 5.41) is -0.302. The number of hydrogen-bond acceptors (Lipinski definition) is 3. The minimum atomic E-state index is -1.53. The highest BCUT2D eigenvalue weighted by Crippen LogP contribution is 2.43. The fourth-order valence-corrected chi connectivity index (χ4v) is 3.81. The summed E-state index contributed by atoms with van der Waals surface area (Å²) >= 11 is 21.4. The number of benzene rings is 1. The molecule has 0 saturated carbocycles. The second-order valence-electron chi connectivity index (χ2n) is 5.93. The maximum Gasteiger partial charge on any atom is 0.128 e. The van der Waals surface area contributed by atoms with Crippen molar-refractivity contribution in [3.05, 3.63) is 55.1 Å². The van der Waals surface area contributed by atoms with Gasteiger partial charge in [-0.05, 0) is 59.1 Å². The van der Waals surface area contributed by atoms with Crippen molar-refractivity contribution in [2.75, 3.05) is 18.0 Å². The average molecular weight is 472 g/mol. The molecule has 9 heteroatoms. The van der Waals surface area contributed by atoms with E-state index in [1.165, 1.54) is 12.1 Å². The number of nitrogens with zero attached hydrogens (tertiary/aromatic N) is 3. The van der Waals surface area contributed by atoms with E-state index in [4.69, 9.17) is 34.8 Å². The first-order valence-corrected chi connectivity index (χ1v) is 9.32. The maximum atomic E-state index is 13.9. The van der Waals surface area contributed by atoms with E-state index in [0.29, 0.717) is 17.9 Å². The van der Waals surface area contributed by atoms with Crippen LogP contribution in [0.1, 0.15) is 17.7 Å². The van der Waals surface area contributed by atoms with Crippen molar-refractivity contribution in [1.82, 2.24) is 10.3 Å². The first-order chi connectivity index (χ1) is 11.7. The van der Waals surface area contributed by atoms with Crippen LogP contribution in [0.3, 0.4) is 0 Å². The van der Waals surface area contributed by atoms with E-state index in [1.807, 2.05) is 17.9 Å². The summed E-state index contributed by atoms with van der Waals surface area (Å²) in [6, 6.07) is 6.56. The number of halogens is 6. The lowest BCUT2D eigenvalue weighted by molar-refractivity contribution is -0.230. The second kappa shape index (κ2) is 7.16. The number of hydrogen-bond donors (Lipinski definition) is 0. The van der Waals surface area contributed by atoms with Crippen LogP contribution in [0.15, 0.2) is 28.7 Å². The first kappa shape index (κ1) is 19.1. The molecule has 1 unspecified atom stereocenters. The van der Waals surface area contributed by atoms with E-state index in [0.717, 1.165) is 10.2 Å². The molecule has 0 N–H and O–H groups in total. The highest BCUT2D eigenvalue weighted by Gasteiger charge is 2.47. The normalized spacial score (nSPS) is 20.6. The molecule has 2 heterocycles.